The Morgan fingerprint density at radius 3 is 2.38 bits per heavy atom. The Morgan fingerprint density at radius 2 is 1.81 bits per heavy atom. The van der Waals surface area contributed by atoms with Crippen LogP contribution in [0.4, 0.5) is 0 Å². The zero-order valence-corrected chi connectivity index (χ0v) is 13.4. The second kappa shape index (κ2) is 7.60. The van der Waals surface area contributed by atoms with Gasteiger partial charge in [-0.1, -0.05) is 37.5 Å². The maximum atomic E-state index is 13.1. The van der Waals surface area contributed by atoms with E-state index in [4.69, 9.17) is 5.73 Å². The molecule has 0 atom stereocenters. The Morgan fingerprint density at radius 1 is 1.19 bits per heavy atom. The minimum absolute atomic E-state index is 0.200. The molecule has 0 aliphatic heterocycles. The molecule has 1 aromatic rings. The molecule has 0 aromatic heterocycles. The Bertz CT molecular complexity index is 458. The van der Waals surface area contributed by atoms with Gasteiger partial charge in [0.1, 0.15) is 0 Å². The van der Waals surface area contributed by atoms with Gasteiger partial charge in [0.25, 0.3) is 5.91 Å². The molecule has 0 unspecified atom stereocenters. The van der Waals surface area contributed by atoms with Crippen LogP contribution in [0.1, 0.15) is 60.0 Å². The van der Waals surface area contributed by atoms with Crippen molar-refractivity contribution in [3.05, 3.63) is 34.9 Å². The van der Waals surface area contributed by atoms with E-state index < -0.39 is 0 Å². The molecule has 1 aliphatic carbocycles. The van der Waals surface area contributed by atoms with Crippen LogP contribution >= 0.6 is 0 Å². The quantitative estimate of drug-likeness (QED) is 0.902. The van der Waals surface area contributed by atoms with E-state index in [1.54, 1.807) is 0 Å². The Hall–Kier alpha value is -1.35. The molecule has 116 valence electrons. The summed E-state index contributed by atoms with van der Waals surface area (Å²) in [4.78, 5) is 15.2. The van der Waals surface area contributed by atoms with Gasteiger partial charge in [-0.25, -0.2) is 0 Å². The van der Waals surface area contributed by atoms with Crippen LogP contribution in [0.2, 0.25) is 0 Å². The first-order chi connectivity index (χ1) is 10.1. The Balaban J connectivity index is 2.24. The number of carbonyl (C=O) groups is 1. The summed E-state index contributed by atoms with van der Waals surface area (Å²) in [5.41, 5.74) is 8.71. The van der Waals surface area contributed by atoms with Crippen molar-refractivity contribution in [2.45, 2.75) is 58.4 Å². The van der Waals surface area contributed by atoms with Crippen molar-refractivity contribution in [1.29, 1.82) is 0 Å². The predicted molar refractivity (Wildman–Crippen MR) is 87.5 cm³/mol. The van der Waals surface area contributed by atoms with Crippen molar-refractivity contribution >= 4 is 5.91 Å². The maximum absolute atomic E-state index is 13.1. The maximum Gasteiger partial charge on any atom is 0.254 e. The van der Waals surface area contributed by atoms with E-state index in [1.807, 2.05) is 32.0 Å². The lowest BCUT2D eigenvalue weighted by Gasteiger charge is -2.35. The van der Waals surface area contributed by atoms with Crippen molar-refractivity contribution in [1.82, 2.24) is 4.90 Å². The number of hydrogen-bond donors (Lipinski definition) is 1. The number of carbonyl (C=O) groups excluding carboxylic acids is 1. The summed E-state index contributed by atoms with van der Waals surface area (Å²) < 4.78 is 0. The fourth-order valence-corrected chi connectivity index (χ4v) is 3.40. The summed E-state index contributed by atoms with van der Waals surface area (Å²) in [7, 11) is 0. The third-order valence-electron chi connectivity index (χ3n) is 4.57. The summed E-state index contributed by atoms with van der Waals surface area (Å²) in [5.74, 6) is 0.200. The lowest BCUT2D eigenvalue weighted by Crippen LogP contribution is -2.43. The van der Waals surface area contributed by atoms with Crippen molar-refractivity contribution in [3.8, 4) is 0 Å². The second-order valence-electron chi connectivity index (χ2n) is 6.20. The molecule has 1 saturated carbocycles. The fraction of sp³-hybridized carbons (Fsp3) is 0.611. The molecule has 2 rings (SSSR count). The summed E-state index contributed by atoms with van der Waals surface area (Å²) in [5, 5.41) is 0. The Kier molecular flexibility index (Phi) is 5.80. The van der Waals surface area contributed by atoms with Gasteiger partial charge in [0.15, 0.2) is 0 Å². The smallest absolute Gasteiger partial charge is 0.254 e. The number of amides is 1. The van der Waals surface area contributed by atoms with Crippen LogP contribution in [0, 0.1) is 13.8 Å². The van der Waals surface area contributed by atoms with Crippen LogP contribution in [-0.4, -0.2) is 29.9 Å². The molecule has 0 radical (unpaired) electrons. The molecule has 1 amide bonds. The molecule has 0 spiro atoms. The van der Waals surface area contributed by atoms with E-state index in [9.17, 15) is 4.79 Å². The van der Waals surface area contributed by atoms with Crippen LogP contribution in [0.15, 0.2) is 18.2 Å². The number of hydrogen-bond acceptors (Lipinski definition) is 2. The summed E-state index contributed by atoms with van der Waals surface area (Å²) in [6, 6.07) is 6.48. The fourth-order valence-electron chi connectivity index (χ4n) is 3.40. The highest BCUT2D eigenvalue weighted by Gasteiger charge is 2.27. The van der Waals surface area contributed by atoms with Gasteiger partial charge in [0, 0.05) is 18.2 Å². The highest BCUT2D eigenvalue weighted by Crippen LogP contribution is 2.26. The minimum atomic E-state index is 0.200. The van der Waals surface area contributed by atoms with Gasteiger partial charge < -0.3 is 10.6 Å². The molecular formula is C18H28N2O. The first-order valence-electron chi connectivity index (χ1n) is 8.22. The number of aryl methyl sites for hydroxylation is 2. The average molecular weight is 288 g/mol. The minimum Gasteiger partial charge on any atom is -0.336 e. The van der Waals surface area contributed by atoms with E-state index in [0.29, 0.717) is 12.6 Å². The second-order valence-corrected chi connectivity index (χ2v) is 6.20. The molecule has 1 aromatic carbocycles. The third-order valence-corrected chi connectivity index (χ3v) is 4.57. The van der Waals surface area contributed by atoms with E-state index >= 15 is 0 Å². The van der Waals surface area contributed by atoms with Crippen LogP contribution in [0.5, 0.6) is 0 Å². The van der Waals surface area contributed by atoms with E-state index in [1.165, 1.54) is 19.3 Å². The number of rotatable bonds is 5. The molecule has 0 saturated heterocycles. The number of benzene rings is 1. The van der Waals surface area contributed by atoms with E-state index in [-0.39, 0.29) is 5.91 Å². The number of nitrogens with zero attached hydrogens (tertiary/aromatic N) is 1. The van der Waals surface area contributed by atoms with Gasteiger partial charge in [-0.15, -0.1) is 0 Å². The average Bonchev–Trinajstić information content (AvgIpc) is 2.48. The van der Waals surface area contributed by atoms with Crippen LogP contribution in [-0.2, 0) is 0 Å². The SMILES string of the molecule is Cc1cccc(C)c1C(=O)N(CCCN)C1CCCCC1. The largest absolute Gasteiger partial charge is 0.336 e. The molecule has 3 nitrogen and oxygen atoms in total. The van der Waals surface area contributed by atoms with Gasteiger partial charge >= 0.3 is 0 Å². The summed E-state index contributed by atoms with van der Waals surface area (Å²) in [6.45, 7) is 5.49. The molecule has 21 heavy (non-hydrogen) atoms. The molecule has 1 fully saturated rings. The predicted octanol–water partition coefficient (Wildman–Crippen LogP) is 3.43. The van der Waals surface area contributed by atoms with Crippen molar-refractivity contribution in [2.75, 3.05) is 13.1 Å². The first-order valence-corrected chi connectivity index (χ1v) is 8.22. The molecule has 3 heteroatoms. The normalized spacial score (nSPS) is 16.0. The van der Waals surface area contributed by atoms with Crippen molar-refractivity contribution in [2.24, 2.45) is 5.73 Å². The van der Waals surface area contributed by atoms with Gasteiger partial charge in [-0.3, -0.25) is 4.79 Å². The van der Waals surface area contributed by atoms with Crippen molar-refractivity contribution < 1.29 is 4.79 Å². The Labute approximate surface area is 128 Å². The third kappa shape index (κ3) is 3.85. The zero-order chi connectivity index (χ0) is 15.2. The lowest BCUT2D eigenvalue weighted by atomic mass is 9.92. The highest BCUT2D eigenvalue weighted by atomic mass is 16.2. The standard InChI is InChI=1S/C18H28N2O/c1-14-8-6-9-15(2)17(14)18(21)20(13-7-12-19)16-10-4-3-5-11-16/h6,8-9,16H,3-5,7,10-13,19H2,1-2H3. The summed E-state index contributed by atoms with van der Waals surface area (Å²) >= 11 is 0. The monoisotopic (exact) mass is 288 g/mol. The van der Waals surface area contributed by atoms with Crippen molar-refractivity contribution in [3.63, 3.8) is 0 Å². The van der Waals surface area contributed by atoms with Gasteiger partial charge in [-0.2, -0.15) is 0 Å². The molecule has 0 heterocycles. The van der Waals surface area contributed by atoms with Crippen LogP contribution in [0.25, 0.3) is 0 Å². The highest BCUT2D eigenvalue weighted by molar-refractivity contribution is 5.97. The van der Waals surface area contributed by atoms with E-state index in [0.717, 1.165) is 42.5 Å². The van der Waals surface area contributed by atoms with Gasteiger partial charge in [-0.05, 0) is 50.8 Å². The molecule has 1 aliphatic rings. The number of nitrogens with two attached hydrogens (primary N) is 1. The van der Waals surface area contributed by atoms with Crippen LogP contribution < -0.4 is 5.73 Å². The van der Waals surface area contributed by atoms with Gasteiger partial charge in [0.05, 0.1) is 0 Å². The topological polar surface area (TPSA) is 46.3 Å². The summed E-state index contributed by atoms with van der Waals surface area (Å²) in [6.07, 6.45) is 6.95. The molecule has 0 bridgehead atoms. The van der Waals surface area contributed by atoms with Crippen LogP contribution in [0.3, 0.4) is 0 Å². The lowest BCUT2D eigenvalue weighted by molar-refractivity contribution is 0.0631. The van der Waals surface area contributed by atoms with Gasteiger partial charge in [0.2, 0.25) is 0 Å². The zero-order valence-electron chi connectivity index (χ0n) is 13.4. The molecule has 2 N–H and O–H groups in total. The van der Waals surface area contributed by atoms with E-state index in [2.05, 4.69) is 4.90 Å². The molecular weight excluding hydrogens is 260 g/mol. The first kappa shape index (κ1) is 16.0.